The van der Waals surface area contributed by atoms with Crippen LogP contribution in [0.4, 0.5) is 0 Å². The smallest absolute Gasteiger partial charge is 0.0715 e. The van der Waals surface area contributed by atoms with Gasteiger partial charge in [-0.3, -0.25) is 0 Å². The normalized spacial score (nSPS) is 11.6. The van der Waals surface area contributed by atoms with Gasteiger partial charge in [0.15, 0.2) is 0 Å². The highest BCUT2D eigenvalue weighted by Crippen LogP contribution is 2.39. The number of pyridine rings is 1. The van der Waals surface area contributed by atoms with Gasteiger partial charge in [0, 0.05) is 44.0 Å². The number of hydrogen-bond donors (Lipinski definition) is 0. The fourth-order valence-electron chi connectivity index (χ4n) is 8.47. The van der Waals surface area contributed by atoms with Crippen LogP contribution in [0.2, 0.25) is 0 Å². The maximum atomic E-state index is 5.13. The minimum Gasteiger partial charge on any atom is -0.309 e. The van der Waals surface area contributed by atoms with Crippen LogP contribution in [-0.2, 0) is 0 Å². The summed E-state index contributed by atoms with van der Waals surface area (Å²) in [5.74, 6) is 0. The van der Waals surface area contributed by atoms with Crippen LogP contribution >= 0.6 is 0 Å². The molecule has 0 unspecified atom stereocenters. The number of nitrogens with zero attached hydrogens (tertiary/aromatic N) is 3. The summed E-state index contributed by atoms with van der Waals surface area (Å²) in [6.07, 6.45) is 0. The van der Waals surface area contributed by atoms with E-state index in [4.69, 9.17) is 4.98 Å². The summed E-state index contributed by atoms with van der Waals surface area (Å²) in [5.41, 5.74) is 15.9. The molecule has 8 aromatic carbocycles. The standard InChI is InChI=1S/C53H35N3/c1-4-15-36(16-5-1)48-34-41(35-49(54-48)37-17-6-2-7-18-37)38-19-14-22-43(31-38)56-51-26-13-11-24-45(51)47-33-40(28-30-53(47)56)39-27-29-52-46(32-39)44-23-10-12-25-50(44)55(52)42-20-8-3-9-21-42/h1-35H. The molecule has 0 N–H and O–H groups in total. The molecule has 3 heterocycles. The molecule has 56 heavy (non-hydrogen) atoms. The second-order valence-corrected chi connectivity index (χ2v) is 14.4. The highest BCUT2D eigenvalue weighted by Gasteiger charge is 2.17. The number of fused-ring (bicyclic) bond motifs is 6. The Morgan fingerprint density at radius 2 is 0.661 bits per heavy atom. The lowest BCUT2D eigenvalue weighted by Crippen LogP contribution is -1.95. The number of para-hydroxylation sites is 3. The van der Waals surface area contributed by atoms with Crippen molar-refractivity contribution < 1.29 is 0 Å². The van der Waals surface area contributed by atoms with Crippen LogP contribution in [0.15, 0.2) is 212 Å². The van der Waals surface area contributed by atoms with Crippen molar-refractivity contribution in [1.82, 2.24) is 14.1 Å². The van der Waals surface area contributed by atoms with E-state index in [1.165, 1.54) is 60.4 Å². The molecule has 262 valence electrons. The summed E-state index contributed by atoms with van der Waals surface area (Å²) in [6.45, 7) is 0. The third-order valence-electron chi connectivity index (χ3n) is 11.1. The maximum absolute atomic E-state index is 5.13. The molecule has 0 aliphatic heterocycles. The van der Waals surface area contributed by atoms with Gasteiger partial charge in [0.1, 0.15) is 0 Å². The maximum Gasteiger partial charge on any atom is 0.0715 e. The summed E-state index contributed by atoms with van der Waals surface area (Å²) >= 11 is 0. The summed E-state index contributed by atoms with van der Waals surface area (Å²) in [5, 5.41) is 4.98. The van der Waals surface area contributed by atoms with Crippen molar-refractivity contribution in [1.29, 1.82) is 0 Å². The quantitative estimate of drug-likeness (QED) is 0.168. The van der Waals surface area contributed by atoms with E-state index in [0.29, 0.717) is 0 Å². The molecule has 3 heteroatoms. The Kier molecular flexibility index (Phi) is 7.49. The van der Waals surface area contributed by atoms with Gasteiger partial charge >= 0.3 is 0 Å². The van der Waals surface area contributed by atoms with Gasteiger partial charge in [-0.25, -0.2) is 4.98 Å². The van der Waals surface area contributed by atoms with E-state index in [-0.39, 0.29) is 0 Å². The highest BCUT2D eigenvalue weighted by molar-refractivity contribution is 6.12. The Balaban J connectivity index is 1.05. The molecule has 0 bridgehead atoms. The fraction of sp³-hybridized carbons (Fsp3) is 0. The second-order valence-electron chi connectivity index (χ2n) is 14.4. The van der Waals surface area contributed by atoms with Crippen LogP contribution in [0.3, 0.4) is 0 Å². The zero-order chi connectivity index (χ0) is 37.0. The van der Waals surface area contributed by atoms with Gasteiger partial charge in [-0.05, 0) is 95.1 Å². The molecule has 11 rings (SSSR count). The Hall–Kier alpha value is -7.49. The van der Waals surface area contributed by atoms with Gasteiger partial charge < -0.3 is 9.13 Å². The van der Waals surface area contributed by atoms with Crippen molar-refractivity contribution in [2.75, 3.05) is 0 Å². The van der Waals surface area contributed by atoms with E-state index < -0.39 is 0 Å². The van der Waals surface area contributed by atoms with Crippen molar-refractivity contribution in [3.05, 3.63) is 212 Å². The third kappa shape index (κ3) is 5.32. The zero-order valence-corrected chi connectivity index (χ0v) is 30.5. The first kappa shape index (κ1) is 32.0. The van der Waals surface area contributed by atoms with Gasteiger partial charge in [-0.2, -0.15) is 0 Å². The molecule has 0 fully saturated rings. The first-order chi connectivity index (χ1) is 27.8. The van der Waals surface area contributed by atoms with Crippen molar-refractivity contribution in [2.24, 2.45) is 0 Å². The minimum atomic E-state index is 0.958. The summed E-state index contributed by atoms with van der Waals surface area (Å²) < 4.78 is 4.78. The van der Waals surface area contributed by atoms with E-state index in [2.05, 4.69) is 209 Å². The third-order valence-corrected chi connectivity index (χ3v) is 11.1. The number of hydrogen-bond acceptors (Lipinski definition) is 1. The van der Waals surface area contributed by atoms with Gasteiger partial charge in [0.2, 0.25) is 0 Å². The van der Waals surface area contributed by atoms with Gasteiger partial charge in [0.25, 0.3) is 0 Å². The van der Waals surface area contributed by atoms with E-state index in [0.717, 1.165) is 39.3 Å². The summed E-state index contributed by atoms with van der Waals surface area (Å²) in [4.78, 5) is 5.13. The lowest BCUT2D eigenvalue weighted by atomic mass is 9.99. The highest BCUT2D eigenvalue weighted by atomic mass is 15.0. The zero-order valence-electron chi connectivity index (χ0n) is 30.5. The molecule has 0 aliphatic carbocycles. The minimum absolute atomic E-state index is 0.958. The Bertz CT molecular complexity index is 3170. The largest absolute Gasteiger partial charge is 0.309 e. The molecule has 3 aromatic heterocycles. The van der Waals surface area contributed by atoms with Crippen LogP contribution in [0.25, 0.3) is 99.8 Å². The molecule has 11 aromatic rings. The number of rotatable bonds is 6. The number of benzene rings is 8. The molecule has 0 saturated heterocycles. The molecule has 3 nitrogen and oxygen atoms in total. The lowest BCUT2D eigenvalue weighted by molar-refractivity contribution is 1.18. The van der Waals surface area contributed by atoms with Crippen molar-refractivity contribution in [3.63, 3.8) is 0 Å². The molecular weight excluding hydrogens is 679 g/mol. The topological polar surface area (TPSA) is 22.8 Å². The molecular formula is C53H35N3. The first-order valence-corrected chi connectivity index (χ1v) is 19.1. The average Bonchev–Trinajstić information content (AvgIpc) is 3.79. The van der Waals surface area contributed by atoms with E-state index >= 15 is 0 Å². The van der Waals surface area contributed by atoms with Crippen LogP contribution < -0.4 is 0 Å². The molecule has 0 radical (unpaired) electrons. The Morgan fingerprint density at radius 1 is 0.250 bits per heavy atom. The van der Waals surface area contributed by atoms with Crippen LogP contribution in [0.1, 0.15) is 0 Å². The monoisotopic (exact) mass is 713 g/mol. The van der Waals surface area contributed by atoms with Gasteiger partial charge in [-0.15, -0.1) is 0 Å². The van der Waals surface area contributed by atoms with Crippen molar-refractivity contribution in [3.8, 4) is 56.1 Å². The first-order valence-electron chi connectivity index (χ1n) is 19.1. The average molecular weight is 714 g/mol. The van der Waals surface area contributed by atoms with Crippen molar-refractivity contribution in [2.45, 2.75) is 0 Å². The second kappa shape index (κ2) is 13.1. The molecule has 0 spiro atoms. The Labute approximate surface area is 325 Å². The number of aromatic nitrogens is 3. The SMILES string of the molecule is c1ccc(-c2cc(-c3cccc(-n4c5ccccc5c5cc(-c6ccc7c(c6)c6ccccc6n7-c6ccccc6)ccc54)c3)cc(-c3ccccc3)n2)cc1. The summed E-state index contributed by atoms with van der Waals surface area (Å²) in [6, 6.07) is 76.2. The molecule has 0 aliphatic rings. The summed E-state index contributed by atoms with van der Waals surface area (Å²) in [7, 11) is 0. The van der Waals surface area contributed by atoms with Crippen LogP contribution in [0, 0.1) is 0 Å². The van der Waals surface area contributed by atoms with Gasteiger partial charge in [-0.1, -0.05) is 140 Å². The fourth-order valence-corrected chi connectivity index (χ4v) is 8.47. The van der Waals surface area contributed by atoms with Crippen LogP contribution in [-0.4, -0.2) is 14.1 Å². The molecule has 0 saturated carbocycles. The van der Waals surface area contributed by atoms with E-state index in [1.54, 1.807) is 0 Å². The van der Waals surface area contributed by atoms with Gasteiger partial charge in [0.05, 0.1) is 33.5 Å². The molecule has 0 amide bonds. The van der Waals surface area contributed by atoms with Crippen molar-refractivity contribution >= 4 is 43.6 Å². The van der Waals surface area contributed by atoms with E-state index in [1.807, 2.05) is 12.1 Å². The predicted molar refractivity (Wildman–Crippen MR) is 235 cm³/mol. The molecule has 0 atom stereocenters. The lowest BCUT2D eigenvalue weighted by Gasteiger charge is -2.13. The van der Waals surface area contributed by atoms with E-state index in [9.17, 15) is 0 Å². The predicted octanol–water partition coefficient (Wildman–Crippen LogP) is 13.9. The Morgan fingerprint density at radius 3 is 1.21 bits per heavy atom. The van der Waals surface area contributed by atoms with Crippen LogP contribution in [0.5, 0.6) is 0 Å².